The summed E-state index contributed by atoms with van der Waals surface area (Å²) < 4.78 is 4.73. The smallest absolute Gasteiger partial charge is 0.104 e. The van der Waals surface area contributed by atoms with Crippen LogP contribution in [0.5, 0.6) is 0 Å². The van der Waals surface area contributed by atoms with Crippen molar-refractivity contribution < 1.29 is 0 Å². The average Bonchev–Trinajstić information content (AvgIpc) is 4.15. The van der Waals surface area contributed by atoms with Crippen LogP contribution in [0, 0.1) is 113 Å². The van der Waals surface area contributed by atoms with Crippen molar-refractivity contribution in [2.45, 2.75) is 90.0 Å². The summed E-state index contributed by atoms with van der Waals surface area (Å²) in [6.07, 6.45) is 0. The van der Waals surface area contributed by atoms with Crippen LogP contribution in [-0.4, -0.2) is 9.13 Å². The van der Waals surface area contributed by atoms with E-state index >= 15 is 0 Å². The van der Waals surface area contributed by atoms with Crippen molar-refractivity contribution in [1.82, 2.24) is 9.13 Å². The molecule has 0 atom stereocenters. The molecule has 0 fully saturated rings. The molecule has 0 spiro atoms. The van der Waals surface area contributed by atoms with Gasteiger partial charge in [0, 0.05) is 21.5 Å². The second-order valence-electron chi connectivity index (χ2n) is 22.9. The molecule has 0 saturated carbocycles. The molecule has 384 valence electrons. The van der Waals surface area contributed by atoms with Crippen LogP contribution in [0.15, 0.2) is 152 Å². The maximum Gasteiger partial charge on any atom is 0.104 e. The van der Waals surface area contributed by atoms with E-state index in [-0.39, 0.29) is 0 Å². The number of aryl methyl sites for hydroxylation is 13. The van der Waals surface area contributed by atoms with Gasteiger partial charge in [0.2, 0.25) is 0 Å². The Morgan fingerprint density at radius 1 is 0.266 bits per heavy atom. The fourth-order valence-corrected chi connectivity index (χ4v) is 14.0. The largest absolute Gasteiger partial charge is 0.308 e. The minimum atomic E-state index is 0.539. The highest BCUT2D eigenvalue weighted by Gasteiger charge is 2.26. The Kier molecular flexibility index (Phi) is 12.2. The molecule has 4 nitrogen and oxygen atoms in total. The molecule has 0 unspecified atom stereocenters. The number of rotatable bonds is 7. The molecule has 4 heteroatoms. The van der Waals surface area contributed by atoms with Gasteiger partial charge in [-0.15, -0.1) is 0 Å². The van der Waals surface area contributed by atoms with Gasteiger partial charge in [0.05, 0.1) is 45.1 Å². The highest BCUT2D eigenvalue weighted by atomic mass is 15.0. The molecular formula is C75H64N4. The molecule has 0 radical (unpaired) electrons. The monoisotopic (exact) mass is 1020 g/mol. The van der Waals surface area contributed by atoms with Crippen LogP contribution < -0.4 is 0 Å². The normalized spacial score (nSPS) is 11.6. The van der Waals surface area contributed by atoms with Crippen LogP contribution >= 0.6 is 0 Å². The summed E-state index contributed by atoms with van der Waals surface area (Å²) in [6.45, 7) is 28.4. The van der Waals surface area contributed by atoms with Gasteiger partial charge in [-0.05, 0) is 244 Å². The summed E-state index contributed by atoms with van der Waals surface area (Å²) in [4.78, 5) is 0. The quantitative estimate of drug-likeness (QED) is 0.160. The molecule has 12 aromatic rings. The molecule has 0 aliphatic rings. The lowest BCUT2D eigenvalue weighted by molar-refractivity contribution is 1.12. The summed E-state index contributed by atoms with van der Waals surface area (Å²) in [6, 6.07) is 61.6. The molecule has 0 N–H and O–H groups in total. The minimum Gasteiger partial charge on any atom is -0.308 e. The van der Waals surface area contributed by atoms with E-state index in [0.717, 1.165) is 93.9 Å². The van der Waals surface area contributed by atoms with Gasteiger partial charge in [0.15, 0.2) is 0 Å². The number of nitriles is 2. The summed E-state index contributed by atoms with van der Waals surface area (Å²) >= 11 is 0. The van der Waals surface area contributed by atoms with Crippen LogP contribution in [-0.2, 0) is 0 Å². The standard InChI is InChI=1S/C75H64N4/c1-41-22-46(6)72(47(7)23-41)55-14-18-61-62-19-15-56(73-48(8)24-42(2)25-49(73)9)34-67(62)78(66(61)33-55)70-37-60(59-31-45(5)30-54(32-59)39-76)38-71(65(70)40-77)79-68-35-57(74-50(10)26-43(3)27-51(74)11)16-20-63(68)64-21-17-58(36-69(64)79)75-52(12)28-44(4)29-53(75)13/h14-38H,1-13H3. The number of hydrogen-bond acceptors (Lipinski definition) is 2. The van der Waals surface area contributed by atoms with Gasteiger partial charge in [-0.3, -0.25) is 0 Å². The van der Waals surface area contributed by atoms with Crippen LogP contribution in [0.2, 0.25) is 0 Å². The van der Waals surface area contributed by atoms with Gasteiger partial charge in [0.1, 0.15) is 11.6 Å². The third-order valence-corrected chi connectivity index (χ3v) is 16.6. The fourth-order valence-electron chi connectivity index (χ4n) is 14.0. The van der Waals surface area contributed by atoms with Crippen molar-refractivity contribution in [2.75, 3.05) is 0 Å². The molecule has 0 saturated heterocycles. The molecule has 2 aromatic heterocycles. The van der Waals surface area contributed by atoms with Gasteiger partial charge in [0.25, 0.3) is 0 Å². The van der Waals surface area contributed by atoms with Crippen LogP contribution in [0.1, 0.15) is 83.5 Å². The SMILES string of the molecule is Cc1cc(C#N)cc(-c2cc(-n3c4cc(-c5c(C)cc(C)cc5C)ccc4c4ccc(-c5c(C)cc(C)cc5C)cc43)c(C#N)c(-n3c4cc(-c5c(C)cc(C)cc5C)ccc4c4ccc(-c5c(C)cc(C)cc5C)cc43)c2)c1. The van der Waals surface area contributed by atoms with Gasteiger partial charge < -0.3 is 9.13 Å². The predicted molar refractivity (Wildman–Crippen MR) is 333 cm³/mol. The Bertz CT molecular complexity index is 4120. The molecule has 10 aromatic carbocycles. The van der Waals surface area contributed by atoms with E-state index in [2.05, 4.69) is 251 Å². The Hall–Kier alpha value is -9.22. The van der Waals surface area contributed by atoms with Gasteiger partial charge in [-0.1, -0.05) is 125 Å². The highest BCUT2D eigenvalue weighted by Crippen LogP contribution is 2.45. The summed E-state index contributed by atoms with van der Waals surface area (Å²) in [5.41, 5.74) is 33.5. The van der Waals surface area contributed by atoms with E-state index in [1.54, 1.807) is 0 Å². The Morgan fingerprint density at radius 2 is 0.532 bits per heavy atom. The zero-order valence-corrected chi connectivity index (χ0v) is 47.7. The lowest BCUT2D eigenvalue weighted by atomic mass is 9.92. The zero-order valence-electron chi connectivity index (χ0n) is 47.7. The summed E-state index contributed by atoms with van der Waals surface area (Å²) in [7, 11) is 0. The third-order valence-electron chi connectivity index (χ3n) is 16.6. The number of aromatic nitrogens is 2. The van der Waals surface area contributed by atoms with E-state index in [1.165, 1.54) is 89.0 Å². The summed E-state index contributed by atoms with van der Waals surface area (Å²) in [5, 5.41) is 27.2. The first-order valence-corrected chi connectivity index (χ1v) is 27.5. The van der Waals surface area contributed by atoms with E-state index in [0.29, 0.717) is 11.1 Å². The maximum absolute atomic E-state index is 12.3. The first-order chi connectivity index (χ1) is 37.9. The topological polar surface area (TPSA) is 57.4 Å². The molecule has 0 aliphatic carbocycles. The molecule has 0 amide bonds. The fraction of sp³-hybridized carbons (Fsp3) is 0.173. The van der Waals surface area contributed by atoms with Gasteiger partial charge >= 0.3 is 0 Å². The van der Waals surface area contributed by atoms with Crippen LogP contribution in [0.3, 0.4) is 0 Å². The first-order valence-electron chi connectivity index (χ1n) is 27.5. The predicted octanol–water partition coefficient (Wildman–Crippen LogP) is 20.0. The van der Waals surface area contributed by atoms with E-state index in [4.69, 9.17) is 0 Å². The van der Waals surface area contributed by atoms with Crippen LogP contribution in [0.4, 0.5) is 0 Å². The second kappa shape index (κ2) is 19.1. The van der Waals surface area contributed by atoms with Crippen molar-refractivity contribution >= 4 is 43.6 Å². The van der Waals surface area contributed by atoms with Gasteiger partial charge in [-0.25, -0.2) is 0 Å². The zero-order chi connectivity index (χ0) is 55.5. The summed E-state index contributed by atoms with van der Waals surface area (Å²) in [5.74, 6) is 0. The Labute approximate surface area is 465 Å². The van der Waals surface area contributed by atoms with Crippen molar-refractivity contribution in [3.8, 4) is 79.1 Å². The number of hydrogen-bond donors (Lipinski definition) is 0. The van der Waals surface area contributed by atoms with E-state index < -0.39 is 0 Å². The Morgan fingerprint density at radius 3 is 0.797 bits per heavy atom. The molecule has 12 rings (SSSR count). The molecule has 0 bridgehead atoms. The second-order valence-corrected chi connectivity index (χ2v) is 22.9. The number of benzene rings is 10. The number of fused-ring (bicyclic) bond motifs is 6. The number of nitrogens with zero attached hydrogens (tertiary/aromatic N) is 4. The van der Waals surface area contributed by atoms with Crippen molar-refractivity contribution in [3.05, 3.63) is 235 Å². The van der Waals surface area contributed by atoms with Crippen LogP contribution in [0.25, 0.3) is 111 Å². The highest BCUT2D eigenvalue weighted by molar-refractivity contribution is 6.14. The third kappa shape index (κ3) is 8.43. The maximum atomic E-state index is 12.3. The molecular weight excluding hydrogens is 957 g/mol. The van der Waals surface area contributed by atoms with Crippen molar-refractivity contribution in [2.24, 2.45) is 0 Å². The average molecular weight is 1020 g/mol. The molecule has 79 heavy (non-hydrogen) atoms. The first kappa shape index (κ1) is 50.6. The van der Waals surface area contributed by atoms with Crippen molar-refractivity contribution in [3.63, 3.8) is 0 Å². The molecule has 2 heterocycles. The van der Waals surface area contributed by atoms with E-state index in [9.17, 15) is 10.5 Å². The Balaban J connectivity index is 1.27. The van der Waals surface area contributed by atoms with Gasteiger partial charge in [-0.2, -0.15) is 10.5 Å². The minimum absolute atomic E-state index is 0.539. The molecule has 0 aliphatic heterocycles. The lowest BCUT2D eigenvalue weighted by Crippen LogP contribution is -2.06. The van der Waals surface area contributed by atoms with Crippen molar-refractivity contribution in [1.29, 1.82) is 10.5 Å². The lowest BCUT2D eigenvalue weighted by Gasteiger charge is -2.20. The van der Waals surface area contributed by atoms with E-state index in [1.807, 2.05) is 12.1 Å².